The Morgan fingerprint density at radius 1 is 1.05 bits per heavy atom. The van der Waals surface area contributed by atoms with Crippen molar-refractivity contribution in [2.24, 2.45) is 5.92 Å². The molecule has 1 N–H and O–H groups in total. The summed E-state index contributed by atoms with van der Waals surface area (Å²) in [6.45, 7) is 8.47. The Bertz CT molecular complexity index is 534. The summed E-state index contributed by atoms with van der Waals surface area (Å²) < 4.78 is 5.89. The molecule has 0 spiro atoms. The van der Waals surface area contributed by atoms with Gasteiger partial charge in [-0.2, -0.15) is 0 Å². The minimum absolute atomic E-state index is 0.678. The Balaban J connectivity index is 1.99. The topological polar surface area (TPSA) is 21.3 Å². The molecule has 0 aliphatic rings. The molecule has 0 radical (unpaired) electrons. The highest BCUT2D eigenvalue weighted by Crippen LogP contribution is 2.25. The number of hydrogen-bond acceptors (Lipinski definition) is 2. The zero-order chi connectivity index (χ0) is 14.4. The minimum Gasteiger partial charge on any atom is -0.457 e. The number of para-hydroxylation sites is 1. The SMILES string of the molecule is Cc1cc(CNCC(C)C)ccc1Oc1ccccc1. The van der Waals surface area contributed by atoms with Gasteiger partial charge in [-0.1, -0.05) is 44.2 Å². The molecule has 0 atom stereocenters. The summed E-state index contributed by atoms with van der Waals surface area (Å²) in [4.78, 5) is 0. The lowest BCUT2D eigenvalue weighted by atomic mass is 10.1. The Kier molecular flexibility index (Phi) is 5.19. The predicted octanol–water partition coefficient (Wildman–Crippen LogP) is 4.53. The van der Waals surface area contributed by atoms with Crippen molar-refractivity contribution in [3.63, 3.8) is 0 Å². The molecule has 106 valence electrons. The van der Waals surface area contributed by atoms with E-state index in [1.807, 2.05) is 30.3 Å². The number of benzene rings is 2. The van der Waals surface area contributed by atoms with Gasteiger partial charge in [0, 0.05) is 6.54 Å². The van der Waals surface area contributed by atoms with Crippen molar-refractivity contribution in [3.05, 3.63) is 59.7 Å². The van der Waals surface area contributed by atoms with Gasteiger partial charge in [0.1, 0.15) is 11.5 Å². The highest BCUT2D eigenvalue weighted by molar-refractivity contribution is 5.39. The Labute approximate surface area is 121 Å². The molecular weight excluding hydrogens is 246 g/mol. The van der Waals surface area contributed by atoms with Gasteiger partial charge in [-0.15, -0.1) is 0 Å². The van der Waals surface area contributed by atoms with E-state index in [0.29, 0.717) is 5.92 Å². The van der Waals surface area contributed by atoms with Crippen LogP contribution >= 0.6 is 0 Å². The van der Waals surface area contributed by atoms with Gasteiger partial charge in [0.25, 0.3) is 0 Å². The van der Waals surface area contributed by atoms with Crippen LogP contribution in [0.15, 0.2) is 48.5 Å². The summed E-state index contributed by atoms with van der Waals surface area (Å²) in [7, 11) is 0. The fraction of sp³-hybridized carbons (Fsp3) is 0.333. The van der Waals surface area contributed by atoms with Gasteiger partial charge in [0.05, 0.1) is 0 Å². The molecule has 2 heteroatoms. The first-order valence-corrected chi connectivity index (χ1v) is 7.18. The van der Waals surface area contributed by atoms with Crippen LogP contribution in [-0.4, -0.2) is 6.54 Å². The molecule has 0 bridgehead atoms. The van der Waals surface area contributed by atoms with Gasteiger partial charge in [-0.25, -0.2) is 0 Å². The van der Waals surface area contributed by atoms with Gasteiger partial charge < -0.3 is 10.1 Å². The summed E-state index contributed by atoms with van der Waals surface area (Å²) in [6.07, 6.45) is 0. The van der Waals surface area contributed by atoms with Crippen molar-refractivity contribution < 1.29 is 4.74 Å². The van der Waals surface area contributed by atoms with Gasteiger partial charge in [0.15, 0.2) is 0 Å². The normalized spacial score (nSPS) is 10.8. The van der Waals surface area contributed by atoms with Crippen LogP contribution in [0, 0.1) is 12.8 Å². The third-order valence-corrected chi connectivity index (χ3v) is 3.09. The van der Waals surface area contributed by atoms with Crippen molar-refractivity contribution in [3.8, 4) is 11.5 Å². The quantitative estimate of drug-likeness (QED) is 0.831. The molecule has 2 aromatic rings. The average molecular weight is 269 g/mol. The third kappa shape index (κ3) is 4.39. The fourth-order valence-corrected chi connectivity index (χ4v) is 2.06. The number of rotatable bonds is 6. The van der Waals surface area contributed by atoms with Gasteiger partial charge in [-0.05, 0) is 48.7 Å². The van der Waals surface area contributed by atoms with Crippen LogP contribution in [0.1, 0.15) is 25.0 Å². The Morgan fingerprint density at radius 2 is 1.80 bits per heavy atom. The lowest BCUT2D eigenvalue weighted by Gasteiger charge is -2.11. The molecule has 0 amide bonds. The van der Waals surface area contributed by atoms with Crippen molar-refractivity contribution in [2.45, 2.75) is 27.3 Å². The molecule has 0 aliphatic carbocycles. The van der Waals surface area contributed by atoms with E-state index < -0.39 is 0 Å². The number of nitrogens with one attached hydrogen (secondary N) is 1. The summed E-state index contributed by atoms with van der Waals surface area (Å²) in [5.74, 6) is 2.47. The van der Waals surface area contributed by atoms with Crippen LogP contribution in [0.5, 0.6) is 11.5 Å². The third-order valence-electron chi connectivity index (χ3n) is 3.09. The summed E-state index contributed by atoms with van der Waals surface area (Å²) in [5, 5.41) is 3.46. The molecular formula is C18H23NO. The zero-order valence-corrected chi connectivity index (χ0v) is 12.5. The van der Waals surface area contributed by atoms with Crippen LogP contribution in [-0.2, 0) is 6.54 Å². The van der Waals surface area contributed by atoms with Gasteiger partial charge in [0.2, 0.25) is 0 Å². The molecule has 0 fully saturated rings. The van der Waals surface area contributed by atoms with E-state index in [2.05, 4.69) is 44.3 Å². The van der Waals surface area contributed by atoms with Gasteiger partial charge >= 0.3 is 0 Å². The van der Waals surface area contributed by atoms with Crippen molar-refractivity contribution in [1.29, 1.82) is 0 Å². The first-order valence-electron chi connectivity index (χ1n) is 7.18. The lowest BCUT2D eigenvalue weighted by Crippen LogP contribution is -2.18. The van der Waals surface area contributed by atoms with E-state index in [9.17, 15) is 0 Å². The van der Waals surface area contributed by atoms with E-state index in [1.54, 1.807) is 0 Å². The summed E-state index contributed by atoms with van der Waals surface area (Å²) in [5.41, 5.74) is 2.46. The molecule has 0 aliphatic heterocycles. The first kappa shape index (κ1) is 14.6. The number of ether oxygens (including phenoxy) is 1. The maximum atomic E-state index is 5.89. The van der Waals surface area contributed by atoms with Crippen LogP contribution < -0.4 is 10.1 Å². The lowest BCUT2D eigenvalue weighted by molar-refractivity contribution is 0.478. The summed E-state index contributed by atoms with van der Waals surface area (Å²) >= 11 is 0. The van der Waals surface area contributed by atoms with Crippen LogP contribution in [0.4, 0.5) is 0 Å². The van der Waals surface area contributed by atoms with Crippen LogP contribution in [0.25, 0.3) is 0 Å². The van der Waals surface area contributed by atoms with Crippen molar-refractivity contribution in [1.82, 2.24) is 5.32 Å². The highest BCUT2D eigenvalue weighted by Gasteiger charge is 2.03. The molecule has 2 nitrogen and oxygen atoms in total. The molecule has 20 heavy (non-hydrogen) atoms. The van der Waals surface area contributed by atoms with E-state index in [4.69, 9.17) is 4.74 Å². The molecule has 0 unspecified atom stereocenters. The second kappa shape index (κ2) is 7.11. The van der Waals surface area contributed by atoms with E-state index >= 15 is 0 Å². The number of hydrogen-bond donors (Lipinski definition) is 1. The second-order valence-electron chi connectivity index (χ2n) is 5.54. The van der Waals surface area contributed by atoms with Crippen molar-refractivity contribution in [2.75, 3.05) is 6.54 Å². The van der Waals surface area contributed by atoms with Gasteiger partial charge in [-0.3, -0.25) is 0 Å². The molecule has 0 saturated heterocycles. The maximum absolute atomic E-state index is 5.89. The molecule has 2 aromatic carbocycles. The zero-order valence-electron chi connectivity index (χ0n) is 12.5. The standard InChI is InChI=1S/C18H23NO/c1-14(2)12-19-13-16-9-10-18(15(3)11-16)20-17-7-5-4-6-8-17/h4-11,14,19H,12-13H2,1-3H3. The average Bonchev–Trinajstić information content (AvgIpc) is 2.42. The van der Waals surface area contributed by atoms with E-state index in [-0.39, 0.29) is 0 Å². The molecule has 0 heterocycles. The smallest absolute Gasteiger partial charge is 0.130 e. The van der Waals surface area contributed by atoms with E-state index in [1.165, 1.54) is 5.56 Å². The molecule has 0 aromatic heterocycles. The highest BCUT2D eigenvalue weighted by atomic mass is 16.5. The van der Waals surface area contributed by atoms with Crippen molar-refractivity contribution >= 4 is 0 Å². The largest absolute Gasteiger partial charge is 0.457 e. The Morgan fingerprint density at radius 3 is 2.45 bits per heavy atom. The first-order chi connectivity index (χ1) is 9.65. The monoisotopic (exact) mass is 269 g/mol. The second-order valence-corrected chi connectivity index (χ2v) is 5.54. The number of aryl methyl sites for hydroxylation is 1. The minimum atomic E-state index is 0.678. The predicted molar refractivity (Wildman–Crippen MR) is 84.2 cm³/mol. The molecule has 0 saturated carbocycles. The van der Waals surface area contributed by atoms with Crippen LogP contribution in [0.2, 0.25) is 0 Å². The Hall–Kier alpha value is -1.80. The summed E-state index contributed by atoms with van der Waals surface area (Å²) in [6, 6.07) is 16.3. The maximum Gasteiger partial charge on any atom is 0.130 e. The van der Waals surface area contributed by atoms with Crippen LogP contribution in [0.3, 0.4) is 0 Å². The fourth-order valence-electron chi connectivity index (χ4n) is 2.06. The van der Waals surface area contributed by atoms with E-state index in [0.717, 1.165) is 30.2 Å². The molecule has 2 rings (SSSR count).